The van der Waals surface area contributed by atoms with Gasteiger partial charge in [-0.3, -0.25) is 4.79 Å². The summed E-state index contributed by atoms with van der Waals surface area (Å²) in [4.78, 5) is 14.3. The molecule has 1 aromatic rings. The zero-order valence-corrected chi connectivity index (χ0v) is 12.2. The van der Waals surface area contributed by atoms with Gasteiger partial charge in [-0.1, -0.05) is 6.07 Å². The first-order valence-corrected chi connectivity index (χ1v) is 6.30. The van der Waals surface area contributed by atoms with Crippen molar-refractivity contribution in [3.8, 4) is 0 Å². The molecule has 1 saturated heterocycles. The Hall–Kier alpha value is -1.26. The number of carbonyl (C=O) groups is 1. The van der Waals surface area contributed by atoms with Crippen LogP contribution in [0.4, 0.5) is 5.69 Å². The van der Waals surface area contributed by atoms with Crippen molar-refractivity contribution in [3.63, 3.8) is 0 Å². The lowest BCUT2D eigenvalue weighted by atomic mass is 10.0. The van der Waals surface area contributed by atoms with Crippen LogP contribution in [-0.2, 0) is 4.74 Å². The van der Waals surface area contributed by atoms with Crippen LogP contribution in [0.5, 0.6) is 0 Å². The summed E-state index contributed by atoms with van der Waals surface area (Å²) in [5.74, 6) is 0.0570. The van der Waals surface area contributed by atoms with E-state index in [1.807, 2.05) is 24.0 Å². The SMILES string of the molecule is COC1CCCN(C(=O)c2cc(N)ccc2C)C1.Cl. The summed E-state index contributed by atoms with van der Waals surface area (Å²) in [6, 6.07) is 5.47. The molecule has 2 rings (SSSR count). The Morgan fingerprint density at radius 3 is 2.89 bits per heavy atom. The van der Waals surface area contributed by atoms with Gasteiger partial charge in [0.1, 0.15) is 0 Å². The second-order valence-electron chi connectivity index (χ2n) is 4.83. The van der Waals surface area contributed by atoms with Gasteiger partial charge in [-0.2, -0.15) is 0 Å². The minimum absolute atomic E-state index is 0. The van der Waals surface area contributed by atoms with E-state index >= 15 is 0 Å². The summed E-state index contributed by atoms with van der Waals surface area (Å²) in [5, 5.41) is 0. The maximum absolute atomic E-state index is 12.4. The molecule has 1 aromatic carbocycles. The highest BCUT2D eigenvalue weighted by molar-refractivity contribution is 5.96. The van der Waals surface area contributed by atoms with Gasteiger partial charge in [0.15, 0.2) is 0 Å². The lowest BCUT2D eigenvalue weighted by molar-refractivity contribution is 0.0268. The van der Waals surface area contributed by atoms with Crippen LogP contribution in [0.15, 0.2) is 18.2 Å². The maximum Gasteiger partial charge on any atom is 0.254 e. The van der Waals surface area contributed by atoms with Crippen LogP contribution >= 0.6 is 12.4 Å². The number of likely N-dealkylation sites (tertiary alicyclic amines) is 1. The first-order chi connectivity index (χ1) is 8.61. The van der Waals surface area contributed by atoms with E-state index in [4.69, 9.17) is 10.5 Å². The van der Waals surface area contributed by atoms with Crippen molar-refractivity contribution < 1.29 is 9.53 Å². The number of hydrogen-bond acceptors (Lipinski definition) is 3. The number of hydrogen-bond donors (Lipinski definition) is 1. The van der Waals surface area contributed by atoms with Gasteiger partial charge in [-0.05, 0) is 37.5 Å². The van der Waals surface area contributed by atoms with E-state index in [1.165, 1.54) is 0 Å². The molecule has 5 heteroatoms. The van der Waals surface area contributed by atoms with Crippen LogP contribution in [0.25, 0.3) is 0 Å². The second-order valence-corrected chi connectivity index (χ2v) is 4.83. The van der Waals surface area contributed by atoms with E-state index in [0.717, 1.165) is 24.9 Å². The van der Waals surface area contributed by atoms with Gasteiger partial charge >= 0.3 is 0 Å². The van der Waals surface area contributed by atoms with Crippen molar-refractivity contribution in [1.29, 1.82) is 0 Å². The number of rotatable bonds is 2. The highest BCUT2D eigenvalue weighted by atomic mass is 35.5. The fraction of sp³-hybridized carbons (Fsp3) is 0.500. The number of nitrogens with zero attached hydrogens (tertiary/aromatic N) is 1. The van der Waals surface area contributed by atoms with Crippen LogP contribution in [0.2, 0.25) is 0 Å². The third-order valence-electron chi connectivity index (χ3n) is 3.49. The van der Waals surface area contributed by atoms with E-state index in [1.54, 1.807) is 13.2 Å². The number of amides is 1. The molecule has 0 spiro atoms. The summed E-state index contributed by atoms with van der Waals surface area (Å²) < 4.78 is 5.34. The number of anilines is 1. The summed E-state index contributed by atoms with van der Waals surface area (Å²) >= 11 is 0. The number of halogens is 1. The molecule has 4 nitrogen and oxygen atoms in total. The number of ether oxygens (including phenoxy) is 1. The van der Waals surface area contributed by atoms with E-state index in [9.17, 15) is 4.79 Å². The molecule has 19 heavy (non-hydrogen) atoms. The van der Waals surface area contributed by atoms with Crippen LogP contribution in [0.1, 0.15) is 28.8 Å². The van der Waals surface area contributed by atoms with Crippen molar-refractivity contribution in [2.24, 2.45) is 0 Å². The van der Waals surface area contributed by atoms with E-state index < -0.39 is 0 Å². The highest BCUT2D eigenvalue weighted by Gasteiger charge is 2.25. The molecule has 106 valence electrons. The van der Waals surface area contributed by atoms with E-state index in [-0.39, 0.29) is 24.4 Å². The number of nitrogen functional groups attached to an aromatic ring is 1. The second kappa shape index (κ2) is 6.78. The summed E-state index contributed by atoms with van der Waals surface area (Å²) in [7, 11) is 1.70. The largest absolute Gasteiger partial charge is 0.399 e. The molecule has 1 amide bonds. The normalized spacial score (nSPS) is 18.8. The van der Waals surface area contributed by atoms with Crippen LogP contribution in [-0.4, -0.2) is 37.1 Å². The first-order valence-electron chi connectivity index (χ1n) is 6.30. The maximum atomic E-state index is 12.4. The van der Waals surface area contributed by atoms with Crippen molar-refractivity contribution >= 4 is 24.0 Å². The molecule has 0 aromatic heterocycles. The summed E-state index contributed by atoms with van der Waals surface area (Å²) in [6.07, 6.45) is 2.17. The molecular formula is C14H21ClN2O2. The minimum atomic E-state index is 0. The lowest BCUT2D eigenvalue weighted by Gasteiger charge is -2.32. The highest BCUT2D eigenvalue weighted by Crippen LogP contribution is 2.19. The Balaban J connectivity index is 0.00000180. The van der Waals surface area contributed by atoms with Gasteiger partial charge in [-0.25, -0.2) is 0 Å². The first kappa shape index (κ1) is 15.8. The monoisotopic (exact) mass is 284 g/mol. The van der Waals surface area contributed by atoms with Crippen LogP contribution in [0.3, 0.4) is 0 Å². The number of carbonyl (C=O) groups excluding carboxylic acids is 1. The van der Waals surface area contributed by atoms with Gasteiger partial charge in [-0.15, -0.1) is 12.4 Å². The van der Waals surface area contributed by atoms with Crippen LogP contribution in [0, 0.1) is 6.92 Å². The smallest absolute Gasteiger partial charge is 0.254 e. The molecule has 1 aliphatic rings. The van der Waals surface area contributed by atoms with Crippen molar-refractivity contribution in [2.45, 2.75) is 25.9 Å². The molecule has 0 saturated carbocycles. The average Bonchev–Trinajstić information content (AvgIpc) is 2.41. The number of methoxy groups -OCH3 is 1. The fourth-order valence-corrected chi connectivity index (χ4v) is 2.36. The molecule has 1 fully saturated rings. The quantitative estimate of drug-likeness (QED) is 0.848. The zero-order valence-electron chi connectivity index (χ0n) is 11.4. The topological polar surface area (TPSA) is 55.6 Å². The molecule has 1 unspecified atom stereocenters. The Morgan fingerprint density at radius 1 is 1.47 bits per heavy atom. The third-order valence-corrected chi connectivity index (χ3v) is 3.49. The Kier molecular flexibility index (Phi) is 5.63. The number of piperidine rings is 1. The molecule has 1 aliphatic heterocycles. The summed E-state index contributed by atoms with van der Waals surface area (Å²) in [5.41, 5.74) is 8.05. The predicted octanol–water partition coefficient (Wildman–Crippen LogP) is 2.25. The Labute approximate surface area is 120 Å². The molecule has 0 bridgehead atoms. The molecule has 0 radical (unpaired) electrons. The van der Waals surface area contributed by atoms with Gasteiger partial charge in [0.05, 0.1) is 6.10 Å². The van der Waals surface area contributed by atoms with E-state index in [2.05, 4.69) is 0 Å². The van der Waals surface area contributed by atoms with Gasteiger partial charge in [0.25, 0.3) is 5.91 Å². The fourth-order valence-electron chi connectivity index (χ4n) is 2.36. The number of nitrogens with two attached hydrogens (primary N) is 1. The van der Waals surface area contributed by atoms with Crippen LogP contribution < -0.4 is 5.73 Å². The summed E-state index contributed by atoms with van der Waals surface area (Å²) in [6.45, 7) is 3.40. The van der Waals surface area contributed by atoms with Gasteiger partial charge in [0.2, 0.25) is 0 Å². The predicted molar refractivity (Wildman–Crippen MR) is 78.8 cm³/mol. The Morgan fingerprint density at radius 2 is 2.21 bits per heavy atom. The molecule has 2 N–H and O–H groups in total. The average molecular weight is 285 g/mol. The molecular weight excluding hydrogens is 264 g/mol. The molecule has 0 aliphatic carbocycles. The number of benzene rings is 1. The van der Waals surface area contributed by atoms with Crippen molar-refractivity contribution in [2.75, 3.05) is 25.9 Å². The van der Waals surface area contributed by atoms with Crippen molar-refractivity contribution in [1.82, 2.24) is 4.90 Å². The van der Waals surface area contributed by atoms with Gasteiger partial charge < -0.3 is 15.4 Å². The standard InChI is InChI=1S/C14H20N2O2.ClH/c1-10-5-6-11(15)8-13(10)14(17)16-7-3-4-12(9-16)18-2;/h5-6,8,12H,3-4,7,9,15H2,1-2H3;1H. The van der Waals surface area contributed by atoms with Gasteiger partial charge in [0, 0.05) is 31.5 Å². The zero-order chi connectivity index (χ0) is 13.1. The minimum Gasteiger partial charge on any atom is -0.399 e. The lowest BCUT2D eigenvalue weighted by Crippen LogP contribution is -2.43. The third kappa shape index (κ3) is 3.61. The molecule has 1 heterocycles. The molecule has 1 atom stereocenters. The Bertz CT molecular complexity index is 451. The number of aryl methyl sites for hydroxylation is 1. The van der Waals surface area contributed by atoms with E-state index in [0.29, 0.717) is 17.8 Å². The van der Waals surface area contributed by atoms with Crippen molar-refractivity contribution in [3.05, 3.63) is 29.3 Å².